The fourth-order valence-corrected chi connectivity index (χ4v) is 2.55. The Morgan fingerprint density at radius 1 is 1.55 bits per heavy atom. The second-order valence-electron chi connectivity index (χ2n) is 4.90. The lowest BCUT2D eigenvalue weighted by Gasteiger charge is -2.27. The van der Waals surface area contributed by atoms with Crippen molar-refractivity contribution < 1.29 is 14.3 Å². The number of likely N-dealkylation sites (N-methyl/N-ethyl adjacent to an activating group) is 1. The molecule has 0 aromatic heterocycles. The summed E-state index contributed by atoms with van der Waals surface area (Å²) in [5.41, 5.74) is 7.88. The highest BCUT2D eigenvalue weighted by molar-refractivity contribution is 5.98. The van der Waals surface area contributed by atoms with E-state index in [9.17, 15) is 4.79 Å². The summed E-state index contributed by atoms with van der Waals surface area (Å²) in [5.74, 6) is -0.405. The summed E-state index contributed by atoms with van der Waals surface area (Å²) in [4.78, 5) is 13.8. The lowest BCUT2D eigenvalue weighted by atomic mass is 10.1. The van der Waals surface area contributed by atoms with Crippen molar-refractivity contribution in [1.82, 2.24) is 0 Å². The number of anilines is 2. The molecule has 5 heteroatoms. The predicted molar refractivity (Wildman–Crippen MR) is 79.1 cm³/mol. The van der Waals surface area contributed by atoms with Gasteiger partial charge in [-0.15, -0.1) is 0 Å². The van der Waals surface area contributed by atoms with Gasteiger partial charge in [-0.25, -0.2) is 4.79 Å². The van der Waals surface area contributed by atoms with Crippen molar-refractivity contribution in [3.63, 3.8) is 0 Å². The van der Waals surface area contributed by atoms with Gasteiger partial charge in [0.2, 0.25) is 0 Å². The molecule has 1 unspecified atom stereocenters. The quantitative estimate of drug-likeness (QED) is 0.659. The second-order valence-corrected chi connectivity index (χ2v) is 4.90. The van der Waals surface area contributed by atoms with Crippen molar-refractivity contribution in [3.05, 3.63) is 23.8 Å². The van der Waals surface area contributed by atoms with E-state index in [-0.39, 0.29) is 6.10 Å². The molecule has 1 aromatic rings. The Hall–Kier alpha value is -1.75. The first kappa shape index (κ1) is 14.7. The molecule has 2 rings (SSSR count). The molecule has 110 valence electrons. The number of para-hydroxylation sites is 1. The van der Waals surface area contributed by atoms with E-state index < -0.39 is 5.97 Å². The smallest absolute Gasteiger partial charge is 0.340 e. The lowest BCUT2D eigenvalue weighted by molar-refractivity contribution is 0.0602. The number of carbonyl (C=O) groups excluding carboxylic acids is 1. The number of rotatable bonds is 5. The Bertz CT molecular complexity index is 470. The van der Waals surface area contributed by atoms with E-state index in [0.717, 1.165) is 38.2 Å². The van der Waals surface area contributed by atoms with Crippen LogP contribution in [0, 0.1) is 0 Å². The van der Waals surface area contributed by atoms with E-state index >= 15 is 0 Å². The number of nitrogens with two attached hydrogens (primary N) is 1. The van der Waals surface area contributed by atoms with Gasteiger partial charge in [-0.2, -0.15) is 0 Å². The van der Waals surface area contributed by atoms with Crippen molar-refractivity contribution in [2.45, 2.75) is 25.9 Å². The number of carbonyl (C=O) groups is 1. The van der Waals surface area contributed by atoms with Crippen molar-refractivity contribution in [2.75, 3.05) is 37.4 Å². The molecule has 20 heavy (non-hydrogen) atoms. The molecular weight excluding hydrogens is 256 g/mol. The summed E-state index contributed by atoms with van der Waals surface area (Å²) < 4.78 is 10.4. The van der Waals surface area contributed by atoms with E-state index in [0.29, 0.717) is 11.3 Å². The molecule has 0 amide bonds. The Morgan fingerprint density at radius 2 is 2.35 bits per heavy atom. The van der Waals surface area contributed by atoms with E-state index in [2.05, 4.69) is 11.8 Å². The number of hydrogen-bond acceptors (Lipinski definition) is 5. The average Bonchev–Trinajstić information content (AvgIpc) is 2.97. The van der Waals surface area contributed by atoms with Gasteiger partial charge in [0.25, 0.3) is 0 Å². The van der Waals surface area contributed by atoms with Crippen LogP contribution in [0.4, 0.5) is 11.4 Å². The van der Waals surface area contributed by atoms with Gasteiger partial charge in [0.15, 0.2) is 0 Å². The maximum atomic E-state index is 11.7. The van der Waals surface area contributed by atoms with Gasteiger partial charge in [0, 0.05) is 19.7 Å². The summed E-state index contributed by atoms with van der Waals surface area (Å²) in [6.45, 7) is 4.51. The molecule has 1 saturated heterocycles. The van der Waals surface area contributed by atoms with Gasteiger partial charge in [-0.1, -0.05) is 6.07 Å². The molecule has 0 aliphatic carbocycles. The predicted octanol–water partition coefficient (Wildman–Crippen LogP) is 2.06. The zero-order valence-electron chi connectivity index (χ0n) is 12.1. The average molecular weight is 278 g/mol. The number of hydrogen-bond donors (Lipinski definition) is 1. The zero-order chi connectivity index (χ0) is 14.5. The fourth-order valence-electron chi connectivity index (χ4n) is 2.55. The van der Waals surface area contributed by atoms with Crippen LogP contribution < -0.4 is 10.6 Å². The topological polar surface area (TPSA) is 64.8 Å². The summed E-state index contributed by atoms with van der Waals surface area (Å²) in [6, 6.07) is 5.45. The third-order valence-corrected chi connectivity index (χ3v) is 3.66. The molecule has 1 fully saturated rings. The van der Waals surface area contributed by atoms with Crippen LogP contribution in [0.3, 0.4) is 0 Å². The van der Waals surface area contributed by atoms with Crippen LogP contribution in [0.1, 0.15) is 30.1 Å². The zero-order valence-corrected chi connectivity index (χ0v) is 12.1. The highest BCUT2D eigenvalue weighted by Gasteiger charge is 2.21. The van der Waals surface area contributed by atoms with Gasteiger partial charge >= 0.3 is 5.97 Å². The lowest BCUT2D eigenvalue weighted by Crippen LogP contribution is -2.32. The molecule has 1 heterocycles. The van der Waals surface area contributed by atoms with Crippen molar-refractivity contribution >= 4 is 17.3 Å². The number of nitrogens with zero attached hydrogens (tertiary/aromatic N) is 1. The van der Waals surface area contributed by atoms with Crippen molar-refractivity contribution in [1.29, 1.82) is 0 Å². The number of benzene rings is 1. The van der Waals surface area contributed by atoms with Crippen LogP contribution in [0.25, 0.3) is 0 Å². The number of methoxy groups -OCH3 is 1. The maximum Gasteiger partial charge on any atom is 0.340 e. The second kappa shape index (κ2) is 6.61. The van der Waals surface area contributed by atoms with Crippen LogP contribution in [-0.4, -0.2) is 38.9 Å². The summed E-state index contributed by atoms with van der Waals surface area (Å²) in [7, 11) is 1.36. The van der Waals surface area contributed by atoms with Gasteiger partial charge in [0.1, 0.15) is 0 Å². The maximum absolute atomic E-state index is 11.7. The van der Waals surface area contributed by atoms with Crippen LogP contribution in [0.15, 0.2) is 18.2 Å². The molecule has 1 aromatic carbocycles. The normalized spacial score (nSPS) is 18.0. The van der Waals surface area contributed by atoms with Crippen LogP contribution >= 0.6 is 0 Å². The summed E-state index contributed by atoms with van der Waals surface area (Å²) in [5, 5.41) is 0. The highest BCUT2D eigenvalue weighted by Crippen LogP contribution is 2.28. The number of esters is 1. The van der Waals surface area contributed by atoms with Gasteiger partial charge in [-0.05, 0) is 31.9 Å². The van der Waals surface area contributed by atoms with Crippen LogP contribution in [0.5, 0.6) is 0 Å². The monoisotopic (exact) mass is 278 g/mol. The minimum atomic E-state index is -0.405. The first-order chi connectivity index (χ1) is 9.67. The first-order valence-electron chi connectivity index (χ1n) is 7.00. The Labute approximate surface area is 119 Å². The third kappa shape index (κ3) is 3.04. The number of ether oxygens (including phenoxy) is 2. The van der Waals surface area contributed by atoms with Crippen molar-refractivity contribution in [2.24, 2.45) is 0 Å². The largest absolute Gasteiger partial charge is 0.465 e. The third-order valence-electron chi connectivity index (χ3n) is 3.66. The Kier molecular flexibility index (Phi) is 4.84. The van der Waals surface area contributed by atoms with Gasteiger partial charge in [-0.3, -0.25) is 0 Å². The minimum Gasteiger partial charge on any atom is -0.465 e. The fraction of sp³-hybridized carbons (Fsp3) is 0.533. The molecule has 0 saturated carbocycles. The molecule has 1 aliphatic rings. The van der Waals surface area contributed by atoms with E-state index in [1.165, 1.54) is 7.11 Å². The molecule has 2 N–H and O–H groups in total. The van der Waals surface area contributed by atoms with Gasteiger partial charge in [0.05, 0.1) is 30.2 Å². The Morgan fingerprint density at radius 3 is 2.95 bits per heavy atom. The van der Waals surface area contributed by atoms with Crippen molar-refractivity contribution in [3.8, 4) is 0 Å². The van der Waals surface area contributed by atoms with E-state index in [1.807, 2.05) is 12.1 Å². The SMILES string of the molecule is CCN(CC1CCCO1)c1cccc(C(=O)OC)c1N. The molecular formula is C15H22N2O3. The summed E-state index contributed by atoms with van der Waals surface area (Å²) in [6.07, 6.45) is 2.43. The van der Waals surface area contributed by atoms with E-state index in [1.54, 1.807) is 6.07 Å². The van der Waals surface area contributed by atoms with Crippen LogP contribution in [0.2, 0.25) is 0 Å². The molecule has 1 aliphatic heterocycles. The molecule has 0 spiro atoms. The summed E-state index contributed by atoms with van der Waals surface area (Å²) >= 11 is 0. The standard InChI is InChI=1S/C15H22N2O3/c1-3-17(10-11-6-5-9-20-11)13-8-4-7-12(14(13)16)15(18)19-2/h4,7-8,11H,3,5-6,9-10,16H2,1-2H3. The van der Waals surface area contributed by atoms with E-state index in [4.69, 9.17) is 15.2 Å². The van der Waals surface area contributed by atoms with Crippen LogP contribution in [-0.2, 0) is 9.47 Å². The molecule has 0 radical (unpaired) electrons. The Balaban J connectivity index is 2.22. The highest BCUT2D eigenvalue weighted by atomic mass is 16.5. The molecule has 1 atom stereocenters. The molecule has 0 bridgehead atoms. The number of nitrogen functional groups attached to an aromatic ring is 1. The molecule has 5 nitrogen and oxygen atoms in total. The minimum absolute atomic E-state index is 0.246. The first-order valence-corrected chi connectivity index (χ1v) is 7.00. The van der Waals surface area contributed by atoms with Gasteiger partial charge < -0.3 is 20.1 Å².